The molecule has 0 amide bonds. The lowest BCUT2D eigenvalue weighted by molar-refractivity contribution is 0.0940. The number of nitrogens with one attached hydrogen (secondary N) is 1. The lowest BCUT2D eigenvalue weighted by atomic mass is 9.55. The number of benzene rings is 2. The average Bonchev–Trinajstić information content (AvgIpc) is 3.18. The van der Waals surface area contributed by atoms with Crippen LogP contribution in [0.3, 0.4) is 0 Å². The fraction of sp³-hybridized carbons (Fsp3) is 0.500. The number of hydrogen-bond acceptors (Lipinski definition) is 5. The van der Waals surface area contributed by atoms with Crippen LogP contribution in [-0.2, 0) is 16.4 Å². The van der Waals surface area contributed by atoms with Crippen LogP contribution in [0.15, 0.2) is 52.5 Å². The summed E-state index contributed by atoms with van der Waals surface area (Å²) in [4.78, 5) is 2.76. The van der Waals surface area contributed by atoms with E-state index in [2.05, 4.69) is 22.9 Å². The number of ether oxygens (including phenoxy) is 2. The van der Waals surface area contributed by atoms with E-state index in [0.717, 1.165) is 55.7 Å². The Hall–Kier alpha value is -2.54. The number of aryl methyl sites for hydroxylation is 1. The normalized spacial score (nSPS) is 29.7. The number of hydrogen-bond donors (Lipinski definition) is 1. The zero-order valence-electron chi connectivity index (χ0n) is 19.5. The molecule has 1 N–H and O–H groups in total. The molecule has 0 heterocycles. The third-order valence-electron chi connectivity index (χ3n) is 8.31. The fourth-order valence-electron chi connectivity index (χ4n) is 6.68. The molecule has 2 fully saturated rings. The van der Waals surface area contributed by atoms with Crippen LogP contribution in [-0.4, -0.2) is 28.3 Å². The molecule has 2 aromatic rings. The van der Waals surface area contributed by atoms with E-state index in [1.807, 2.05) is 6.07 Å². The van der Waals surface area contributed by atoms with Gasteiger partial charge in [0.2, 0.25) is 0 Å². The molecule has 6 nitrogen and oxygen atoms in total. The maximum atomic E-state index is 12.7. The molecule has 0 bridgehead atoms. The van der Waals surface area contributed by atoms with Crippen molar-refractivity contribution in [2.45, 2.75) is 56.3 Å². The van der Waals surface area contributed by atoms with Gasteiger partial charge in [0.05, 0.1) is 19.1 Å². The van der Waals surface area contributed by atoms with Crippen LogP contribution >= 0.6 is 0 Å². The number of rotatable bonds is 5. The average molecular weight is 469 g/mol. The molecule has 0 aromatic heterocycles. The third kappa shape index (κ3) is 3.70. The second-order valence-corrected chi connectivity index (χ2v) is 11.4. The molecule has 2 aromatic carbocycles. The maximum Gasteiger partial charge on any atom is 0.276 e. The molecule has 0 unspecified atom stereocenters. The van der Waals surface area contributed by atoms with Gasteiger partial charge < -0.3 is 9.47 Å². The van der Waals surface area contributed by atoms with E-state index in [-0.39, 0.29) is 10.3 Å². The SMILES string of the molecule is COc1cc2c(c(OC)c1)[C@H]1CC[C@]3(C)C(=NNS(=O)(=O)c4ccccc4)CC[C@H]3[C@@H]1CC2. The molecule has 7 heteroatoms. The Labute approximate surface area is 196 Å². The summed E-state index contributed by atoms with van der Waals surface area (Å²) in [5.41, 5.74) is 3.63. The standard InChI is InChI=1S/C26H32N2O4S/c1-26-14-13-21-20(10-9-17-15-18(31-2)16-23(32-3)25(17)21)22(26)11-12-24(26)27-28-33(29,30)19-7-5-4-6-8-19/h4-8,15-16,20-22,28H,9-14H2,1-3H3/t20-,21+,22+,26+/m1/s1. The molecule has 3 aliphatic rings. The van der Waals surface area contributed by atoms with Gasteiger partial charge in [0.15, 0.2) is 0 Å². The topological polar surface area (TPSA) is 77.0 Å². The molecule has 33 heavy (non-hydrogen) atoms. The van der Waals surface area contributed by atoms with E-state index < -0.39 is 10.0 Å². The van der Waals surface area contributed by atoms with Crippen molar-refractivity contribution in [3.05, 3.63) is 53.6 Å². The van der Waals surface area contributed by atoms with Crippen LogP contribution < -0.4 is 14.3 Å². The predicted molar refractivity (Wildman–Crippen MR) is 128 cm³/mol. The van der Waals surface area contributed by atoms with Gasteiger partial charge in [0.25, 0.3) is 10.0 Å². The van der Waals surface area contributed by atoms with E-state index in [1.165, 1.54) is 11.1 Å². The van der Waals surface area contributed by atoms with Crippen LogP contribution in [0.1, 0.15) is 56.1 Å². The number of hydrazone groups is 1. The van der Waals surface area contributed by atoms with Gasteiger partial charge in [0.1, 0.15) is 11.5 Å². The first-order chi connectivity index (χ1) is 15.9. The summed E-state index contributed by atoms with van der Waals surface area (Å²) in [7, 11) is -0.218. The summed E-state index contributed by atoms with van der Waals surface area (Å²) in [6, 6.07) is 12.6. The predicted octanol–water partition coefficient (Wildman–Crippen LogP) is 4.89. The fourth-order valence-corrected chi connectivity index (χ4v) is 7.53. The minimum Gasteiger partial charge on any atom is -0.497 e. The molecule has 0 spiro atoms. The highest BCUT2D eigenvalue weighted by molar-refractivity contribution is 7.89. The number of nitrogens with zero attached hydrogens (tertiary/aromatic N) is 1. The molecule has 0 radical (unpaired) electrons. The van der Waals surface area contributed by atoms with Crippen molar-refractivity contribution in [3.63, 3.8) is 0 Å². The van der Waals surface area contributed by atoms with Crippen molar-refractivity contribution in [2.24, 2.45) is 22.4 Å². The molecule has 4 atom stereocenters. The molecular formula is C26H32N2O4S. The summed E-state index contributed by atoms with van der Waals surface area (Å²) < 4.78 is 36.7. The highest BCUT2D eigenvalue weighted by atomic mass is 32.2. The lowest BCUT2D eigenvalue weighted by Gasteiger charge is -2.49. The largest absolute Gasteiger partial charge is 0.497 e. The molecule has 3 aliphatic carbocycles. The van der Waals surface area contributed by atoms with Crippen molar-refractivity contribution in [3.8, 4) is 11.5 Å². The van der Waals surface area contributed by atoms with E-state index in [0.29, 0.717) is 17.8 Å². The minimum absolute atomic E-state index is 0.0718. The quantitative estimate of drug-likeness (QED) is 0.634. The molecule has 2 saturated carbocycles. The number of sulfonamides is 1. The van der Waals surface area contributed by atoms with Crippen LogP contribution in [0.25, 0.3) is 0 Å². The first kappa shape index (κ1) is 22.3. The van der Waals surface area contributed by atoms with Crippen molar-refractivity contribution in [2.75, 3.05) is 14.2 Å². The van der Waals surface area contributed by atoms with Gasteiger partial charge >= 0.3 is 0 Å². The second kappa shape index (κ2) is 8.35. The summed E-state index contributed by atoms with van der Waals surface area (Å²) in [6.07, 6.45) is 6.10. The smallest absolute Gasteiger partial charge is 0.276 e. The Bertz CT molecular complexity index is 1160. The summed E-state index contributed by atoms with van der Waals surface area (Å²) >= 11 is 0. The Kier molecular flexibility index (Phi) is 5.63. The third-order valence-corrected chi connectivity index (χ3v) is 9.53. The zero-order chi connectivity index (χ0) is 23.2. The second-order valence-electron chi connectivity index (χ2n) is 9.78. The molecule has 0 saturated heterocycles. The monoisotopic (exact) mass is 468 g/mol. The minimum atomic E-state index is -3.66. The van der Waals surface area contributed by atoms with Gasteiger partial charge in [-0.25, -0.2) is 4.83 Å². The van der Waals surface area contributed by atoms with E-state index in [1.54, 1.807) is 44.6 Å². The Morgan fingerprint density at radius 2 is 1.82 bits per heavy atom. The van der Waals surface area contributed by atoms with E-state index >= 15 is 0 Å². The molecule has 176 valence electrons. The molecular weight excluding hydrogens is 436 g/mol. The highest BCUT2D eigenvalue weighted by Crippen LogP contribution is 2.61. The zero-order valence-corrected chi connectivity index (χ0v) is 20.3. The van der Waals surface area contributed by atoms with E-state index in [4.69, 9.17) is 9.47 Å². The summed E-state index contributed by atoms with van der Waals surface area (Å²) in [5, 5.41) is 4.50. The van der Waals surface area contributed by atoms with Crippen molar-refractivity contribution in [1.29, 1.82) is 0 Å². The van der Waals surface area contributed by atoms with Crippen LogP contribution in [0.4, 0.5) is 0 Å². The van der Waals surface area contributed by atoms with Gasteiger partial charge in [0, 0.05) is 22.8 Å². The van der Waals surface area contributed by atoms with Crippen LogP contribution in [0.5, 0.6) is 11.5 Å². The Morgan fingerprint density at radius 3 is 2.55 bits per heavy atom. The van der Waals surface area contributed by atoms with E-state index in [9.17, 15) is 8.42 Å². The summed E-state index contributed by atoms with van der Waals surface area (Å²) in [6.45, 7) is 2.29. The van der Waals surface area contributed by atoms with Gasteiger partial charge in [-0.2, -0.15) is 13.5 Å². The van der Waals surface area contributed by atoms with Gasteiger partial charge in [-0.05, 0) is 80.0 Å². The van der Waals surface area contributed by atoms with Crippen molar-refractivity contribution < 1.29 is 17.9 Å². The first-order valence-electron chi connectivity index (χ1n) is 11.8. The number of methoxy groups -OCH3 is 2. The first-order valence-corrected chi connectivity index (χ1v) is 13.2. The lowest BCUT2D eigenvalue weighted by Crippen LogP contribution is -2.43. The van der Waals surface area contributed by atoms with Crippen LogP contribution in [0, 0.1) is 17.3 Å². The summed E-state index contributed by atoms with van der Waals surface area (Å²) in [5.74, 6) is 3.30. The maximum absolute atomic E-state index is 12.7. The molecule has 5 rings (SSSR count). The number of fused-ring (bicyclic) bond motifs is 5. The van der Waals surface area contributed by atoms with Crippen molar-refractivity contribution in [1.82, 2.24) is 4.83 Å². The molecule has 0 aliphatic heterocycles. The van der Waals surface area contributed by atoms with Gasteiger partial charge in [-0.3, -0.25) is 0 Å². The van der Waals surface area contributed by atoms with Crippen LogP contribution in [0.2, 0.25) is 0 Å². The van der Waals surface area contributed by atoms with Crippen molar-refractivity contribution >= 4 is 15.7 Å². The Morgan fingerprint density at radius 1 is 1.03 bits per heavy atom. The highest BCUT2D eigenvalue weighted by Gasteiger charge is 2.54. The van der Waals surface area contributed by atoms with Gasteiger partial charge in [-0.15, -0.1) is 0 Å². The Balaban J connectivity index is 1.41. The van der Waals surface area contributed by atoms with Gasteiger partial charge in [-0.1, -0.05) is 25.1 Å².